The van der Waals surface area contributed by atoms with Crippen molar-refractivity contribution in [3.63, 3.8) is 0 Å². The van der Waals surface area contributed by atoms with Crippen molar-refractivity contribution < 1.29 is 0 Å². The molecule has 0 atom stereocenters. The predicted molar refractivity (Wildman–Crippen MR) is 201 cm³/mol. The van der Waals surface area contributed by atoms with Gasteiger partial charge in [-0.3, -0.25) is 0 Å². The summed E-state index contributed by atoms with van der Waals surface area (Å²) in [6.07, 6.45) is 0. The topological polar surface area (TPSA) is 3.24 Å². The van der Waals surface area contributed by atoms with E-state index in [0.29, 0.717) is 0 Å². The van der Waals surface area contributed by atoms with Crippen molar-refractivity contribution in [2.75, 3.05) is 4.90 Å². The fraction of sp³-hybridized carbons (Fsp3) is 0.0213. The van der Waals surface area contributed by atoms with E-state index >= 15 is 0 Å². The van der Waals surface area contributed by atoms with Gasteiger partial charge in [0.2, 0.25) is 0 Å². The van der Waals surface area contributed by atoms with Crippen LogP contribution in [0.2, 0.25) is 0 Å². The molecule has 0 aliphatic heterocycles. The van der Waals surface area contributed by atoms with Gasteiger partial charge in [-0.1, -0.05) is 176 Å². The number of nitrogens with zero attached hydrogens (tertiary/aromatic N) is 1. The molecule has 1 heteroatoms. The maximum Gasteiger partial charge on any atom is 0.0714 e. The quantitative estimate of drug-likeness (QED) is 0.181. The van der Waals surface area contributed by atoms with E-state index in [1.165, 1.54) is 55.3 Å². The molecule has 0 heterocycles. The van der Waals surface area contributed by atoms with Gasteiger partial charge in [-0.05, 0) is 68.6 Å². The van der Waals surface area contributed by atoms with Gasteiger partial charge in [0.05, 0.1) is 16.8 Å². The molecule has 1 nitrogen and oxygen atoms in total. The van der Waals surface area contributed by atoms with Crippen molar-refractivity contribution in [3.8, 4) is 22.3 Å². The molecule has 8 aromatic carbocycles. The molecule has 0 aromatic heterocycles. The van der Waals surface area contributed by atoms with Gasteiger partial charge in [0.25, 0.3) is 0 Å². The summed E-state index contributed by atoms with van der Waals surface area (Å²) in [6, 6.07) is 73.0. The zero-order valence-corrected chi connectivity index (χ0v) is 26.5. The van der Waals surface area contributed by atoms with E-state index in [2.05, 4.69) is 205 Å². The first kappa shape index (κ1) is 28.1. The summed E-state index contributed by atoms with van der Waals surface area (Å²) >= 11 is 0. The number of anilines is 3. The van der Waals surface area contributed by atoms with Crippen LogP contribution in [0.4, 0.5) is 17.1 Å². The SMILES string of the molecule is c1ccc(-c2ccc(N(c3cccc4c3-c3ccccc3C4(c3ccccc3)c3ccccc3)c3cccc4ccccc34)cc2)cc1. The van der Waals surface area contributed by atoms with E-state index in [1.807, 2.05) is 0 Å². The first-order valence-electron chi connectivity index (χ1n) is 16.6. The van der Waals surface area contributed by atoms with Gasteiger partial charge in [0.1, 0.15) is 0 Å². The number of hydrogen-bond acceptors (Lipinski definition) is 1. The molecule has 0 saturated heterocycles. The van der Waals surface area contributed by atoms with Gasteiger partial charge < -0.3 is 4.90 Å². The molecule has 0 fully saturated rings. The lowest BCUT2D eigenvalue weighted by atomic mass is 9.68. The zero-order chi connectivity index (χ0) is 31.9. The molecule has 0 radical (unpaired) electrons. The third kappa shape index (κ3) is 4.32. The van der Waals surface area contributed by atoms with Crippen LogP contribution in [-0.4, -0.2) is 0 Å². The molecule has 8 aromatic rings. The average Bonchev–Trinajstić information content (AvgIpc) is 3.48. The first-order chi connectivity index (χ1) is 23.8. The minimum atomic E-state index is -0.466. The Kier molecular flexibility index (Phi) is 6.76. The number of benzene rings is 8. The van der Waals surface area contributed by atoms with Crippen molar-refractivity contribution in [2.45, 2.75) is 5.41 Å². The van der Waals surface area contributed by atoms with Crippen molar-refractivity contribution >= 4 is 27.8 Å². The zero-order valence-electron chi connectivity index (χ0n) is 26.5. The highest BCUT2D eigenvalue weighted by atomic mass is 15.1. The molecule has 1 aliphatic rings. The molecule has 226 valence electrons. The van der Waals surface area contributed by atoms with E-state index in [1.54, 1.807) is 0 Å². The van der Waals surface area contributed by atoms with Crippen LogP contribution in [0.15, 0.2) is 200 Å². The Morgan fingerprint density at radius 3 is 1.60 bits per heavy atom. The summed E-state index contributed by atoms with van der Waals surface area (Å²) in [7, 11) is 0. The average molecular weight is 612 g/mol. The number of rotatable bonds is 6. The summed E-state index contributed by atoms with van der Waals surface area (Å²) in [5.74, 6) is 0. The van der Waals surface area contributed by atoms with E-state index in [-0.39, 0.29) is 0 Å². The third-order valence-corrected chi connectivity index (χ3v) is 9.94. The largest absolute Gasteiger partial charge is 0.309 e. The maximum absolute atomic E-state index is 2.47. The van der Waals surface area contributed by atoms with E-state index in [9.17, 15) is 0 Å². The Morgan fingerprint density at radius 1 is 0.354 bits per heavy atom. The lowest BCUT2D eigenvalue weighted by Crippen LogP contribution is -2.28. The highest BCUT2D eigenvalue weighted by Gasteiger charge is 2.47. The van der Waals surface area contributed by atoms with Crippen LogP contribution in [0, 0.1) is 0 Å². The molecule has 0 bridgehead atoms. The lowest BCUT2D eigenvalue weighted by molar-refractivity contribution is 0.768. The maximum atomic E-state index is 2.47. The Bertz CT molecular complexity index is 2330. The Balaban J connectivity index is 1.35. The highest BCUT2D eigenvalue weighted by Crippen LogP contribution is 2.59. The van der Waals surface area contributed by atoms with Gasteiger partial charge in [-0.2, -0.15) is 0 Å². The van der Waals surface area contributed by atoms with Crippen LogP contribution in [0.5, 0.6) is 0 Å². The number of hydrogen-bond donors (Lipinski definition) is 0. The van der Waals surface area contributed by atoms with Crippen LogP contribution in [0.1, 0.15) is 22.3 Å². The molecule has 0 saturated carbocycles. The molecule has 48 heavy (non-hydrogen) atoms. The normalized spacial score (nSPS) is 12.8. The van der Waals surface area contributed by atoms with Crippen LogP contribution >= 0.6 is 0 Å². The van der Waals surface area contributed by atoms with Gasteiger partial charge >= 0.3 is 0 Å². The van der Waals surface area contributed by atoms with Crippen LogP contribution in [-0.2, 0) is 5.41 Å². The Labute approximate surface area is 282 Å². The molecular formula is C47H33N. The van der Waals surface area contributed by atoms with Crippen molar-refractivity contribution in [1.29, 1.82) is 0 Å². The fourth-order valence-corrected chi connectivity index (χ4v) is 7.91. The standard InChI is InChI=1S/C47H33N/c1-4-16-34(17-5-1)35-30-32-39(33-31-35)48(44-28-14-19-36-18-10-11-24-40(36)44)45-29-15-27-43-46(45)41-25-12-13-26-42(41)47(43,37-20-6-2-7-21-37)38-22-8-3-9-23-38/h1-33H. The fourth-order valence-electron chi connectivity index (χ4n) is 7.91. The molecule has 0 spiro atoms. The van der Waals surface area contributed by atoms with Crippen molar-refractivity contribution in [3.05, 3.63) is 222 Å². The summed E-state index contributed by atoms with van der Waals surface area (Å²) in [6.45, 7) is 0. The van der Waals surface area contributed by atoms with Crippen LogP contribution in [0.3, 0.4) is 0 Å². The third-order valence-electron chi connectivity index (χ3n) is 9.94. The second kappa shape index (κ2) is 11.6. The molecule has 0 amide bonds. The molecule has 1 aliphatic carbocycles. The minimum Gasteiger partial charge on any atom is -0.309 e. The molecule has 9 rings (SSSR count). The summed E-state index contributed by atoms with van der Waals surface area (Å²) in [4.78, 5) is 2.47. The molecule has 0 N–H and O–H groups in total. The Hall–Kier alpha value is -6.18. The summed E-state index contributed by atoms with van der Waals surface area (Å²) < 4.78 is 0. The van der Waals surface area contributed by atoms with Crippen molar-refractivity contribution in [1.82, 2.24) is 0 Å². The van der Waals surface area contributed by atoms with E-state index < -0.39 is 5.41 Å². The van der Waals surface area contributed by atoms with E-state index in [4.69, 9.17) is 0 Å². The highest BCUT2D eigenvalue weighted by molar-refractivity contribution is 6.03. The number of fused-ring (bicyclic) bond motifs is 4. The van der Waals surface area contributed by atoms with Gasteiger partial charge in [0.15, 0.2) is 0 Å². The van der Waals surface area contributed by atoms with Gasteiger partial charge in [-0.15, -0.1) is 0 Å². The van der Waals surface area contributed by atoms with Gasteiger partial charge in [-0.25, -0.2) is 0 Å². The van der Waals surface area contributed by atoms with E-state index in [0.717, 1.165) is 17.1 Å². The van der Waals surface area contributed by atoms with Crippen molar-refractivity contribution in [2.24, 2.45) is 0 Å². The first-order valence-corrected chi connectivity index (χ1v) is 16.6. The second-order valence-corrected chi connectivity index (χ2v) is 12.5. The predicted octanol–water partition coefficient (Wildman–Crippen LogP) is 12.3. The molecular weight excluding hydrogens is 579 g/mol. The van der Waals surface area contributed by atoms with Gasteiger partial charge in [0, 0.05) is 16.6 Å². The second-order valence-electron chi connectivity index (χ2n) is 12.5. The monoisotopic (exact) mass is 611 g/mol. The summed E-state index contributed by atoms with van der Waals surface area (Å²) in [5, 5.41) is 2.44. The lowest BCUT2D eigenvalue weighted by Gasteiger charge is -2.34. The molecule has 0 unspecified atom stereocenters. The summed E-state index contributed by atoms with van der Waals surface area (Å²) in [5.41, 5.74) is 13.1. The Morgan fingerprint density at radius 2 is 0.875 bits per heavy atom. The smallest absolute Gasteiger partial charge is 0.0714 e. The van der Waals surface area contributed by atoms with Crippen LogP contribution < -0.4 is 4.90 Å². The minimum absolute atomic E-state index is 0.466. The van der Waals surface area contributed by atoms with Crippen LogP contribution in [0.25, 0.3) is 33.0 Å².